The van der Waals surface area contributed by atoms with E-state index in [0.29, 0.717) is 6.54 Å². The van der Waals surface area contributed by atoms with Crippen molar-refractivity contribution in [2.24, 2.45) is 0 Å². The summed E-state index contributed by atoms with van der Waals surface area (Å²) in [5, 5.41) is 9.07. The first-order chi connectivity index (χ1) is 9.16. The molecule has 1 heterocycles. The molecule has 0 saturated carbocycles. The van der Waals surface area contributed by atoms with E-state index < -0.39 is 5.97 Å². The zero-order valence-corrected chi connectivity index (χ0v) is 10.8. The van der Waals surface area contributed by atoms with Crippen LogP contribution in [0.5, 0.6) is 0 Å². The van der Waals surface area contributed by atoms with Gasteiger partial charge in [-0.25, -0.2) is 0 Å². The third-order valence-corrected chi connectivity index (χ3v) is 3.07. The summed E-state index contributed by atoms with van der Waals surface area (Å²) < 4.78 is 5.31. The van der Waals surface area contributed by atoms with Gasteiger partial charge < -0.3 is 9.52 Å². The Morgan fingerprint density at radius 1 is 1.26 bits per heavy atom. The molecule has 0 amide bonds. The van der Waals surface area contributed by atoms with Crippen molar-refractivity contribution in [3.05, 3.63) is 60.1 Å². The highest BCUT2D eigenvalue weighted by molar-refractivity contribution is 5.67. The fourth-order valence-corrected chi connectivity index (χ4v) is 2.13. The number of carboxylic acids is 1. The van der Waals surface area contributed by atoms with E-state index in [0.717, 1.165) is 11.3 Å². The number of nitrogens with zero attached hydrogens (tertiary/aromatic N) is 1. The van der Waals surface area contributed by atoms with Crippen LogP contribution in [0.2, 0.25) is 0 Å². The standard InChI is InChI=1S/C15H17NO3/c1-16(11-13-8-5-9-19-13)14(10-15(17)18)12-6-3-2-4-7-12/h2-9,14H,10-11H2,1H3,(H,17,18). The molecule has 0 saturated heterocycles. The quantitative estimate of drug-likeness (QED) is 0.866. The van der Waals surface area contributed by atoms with Gasteiger partial charge in [-0.15, -0.1) is 0 Å². The third-order valence-electron chi connectivity index (χ3n) is 3.07. The lowest BCUT2D eigenvalue weighted by atomic mass is 10.0. The second-order valence-electron chi connectivity index (χ2n) is 4.52. The van der Waals surface area contributed by atoms with Crippen LogP contribution >= 0.6 is 0 Å². The molecule has 0 bridgehead atoms. The molecule has 0 spiro atoms. The average Bonchev–Trinajstić information content (AvgIpc) is 2.89. The zero-order chi connectivity index (χ0) is 13.7. The minimum atomic E-state index is -0.805. The lowest BCUT2D eigenvalue weighted by molar-refractivity contribution is -0.138. The van der Waals surface area contributed by atoms with E-state index in [4.69, 9.17) is 9.52 Å². The minimum Gasteiger partial charge on any atom is -0.481 e. The second-order valence-corrected chi connectivity index (χ2v) is 4.52. The monoisotopic (exact) mass is 259 g/mol. The van der Waals surface area contributed by atoms with Gasteiger partial charge in [0.2, 0.25) is 0 Å². The Morgan fingerprint density at radius 2 is 2.00 bits per heavy atom. The van der Waals surface area contributed by atoms with Crippen LogP contribution in [0.4, 0.5) is 0 Å². The molecule has 0 radical (unpaired) electrons. The number of hydrogen-bond donors (Lipinski definition) is 1. The largest absolute Gasteiger partial charge is 0.481 e. The highest BCUT2D eigenvalue weighted by Gasteiger charge is 2.20. The summed E-state index contributed by atoms with van der Waals surface area (Å²) in [5.41, 5.74) is 0.999. The predicted molar refractivity (Wildman–Crippen MR) is 71.6 cm³/mol. The van der Waals surface area contributed by atoms with E-state index in [9.17, 15) is 4.79 Å². The van der Waals surface area contributed by atoms with Gasteiger partial charge in [0.1, 0.15) is 5.76 Å². The summed E-state index contributed by atoms with van der Waals surface area (Å²) in [5.74, 6) is 0.0222. The van der Waals surface area contributed by atoms with Gasteiger partial charge in [-0.3, -0.25) is 9.69 Å². The maximum atomic E-state index is 11.0. The Labute approximate surface area is 112 Å². The van der Waals surface area contributed by atoms with Crippen molar-refractivity contribution < 1.29 is 14.3 Å². The Kier molecular flexibility index (Phi) is 4.36. The molecule has 1 N–H and O–H groups in total. The molecule has 0 aliphatic rings. The molecule has 2 rings (SSSR count). The highest BCUT2D eigenvalue weighted by atomic mass is 16.4. The highest BCUT2D eigenvalue weighted by Crippen LogP contribution is 2.24. The van der Waals surface area contributed by atoms with E-state index in [1.165, 1.54) is 0 Å². The van der Waals surface area contributed by atoms with Gasteiger partial charge in [0.15, 0.2) is 0 Å². The van der Waals surface area contributed by atoms with Crippen molar-refractivity contribution in [1.29, 1.82) is 0 Å². The Bertz CT molecular complexity index is 507. The first-order valence-electron chi connectivity index (χ1n) is 6.16. The van der Waals surface area contributed by atoms with Crippen LogP contribution in [0.1, 0.15) is 23.8 Å². The molecule has 0 aliphatic carbocycles. The van der Waals surface area contributed by atoms with Crippen LogP contribution in [0.15, 0.2) is 53.1 Å². The van der Waals surface area contributed by atoms with Crippen molar-refractivity contribution in [1.82, 2.24) is 4.90 Å². The average molecular weight is 259 g/mol. The number of aliphatic carboxylic acids is 1. The molecule has 1 atom stereocenters. The summed E-state index contributed by atoms with van der Waals surface area (Å²) in [4.78, 5) is 13.0. The fourth-order valence-electron chi connectivity index (χ4n) is 2.13. The summed E-state index contributed by atoms with van der Waals surface area (Å²) in [7, 11) is 1.91. The summed E-state index contributed by atoms with van der Waals surface area (Å²) in [6.07, 6.45) is 1.69. The first-order valence-corrected chi connectivity index (χ1v) is 6.16. The number of furan rings is 1. The lowest BCUT2D eigenvalue weighted by Gasteiger charge is -2.26. The van der Waals surface area contributed by atoms with Crippen molar-refractivity contribution in [2.45, 2.75) is 19.0 Å². The molecule has 100 valence electrons. The Morgan fingerprint density at radius 3 is 2.58 bits per heavy atom. The molecule has 4 heteroatoms. The van der Waals surface area contributed by atoms with Crippen molar-refractivity contribution in [3.63, 3.8) is 0 Å². The Balaban J connectivity index is 2.15. The minimum absolute atomic E-state index is 0.0707. The smallest absolute Gasteiger partial charge is 0.305 e. The van der Waals surface area contributed by atoms with Gasteiger partial charge in [0.25, 0.3) is 0 Å². The zero-order valence-electron chi connectivity index (χ0n) is 10.8. The van der Waals surface area contributed by atoms with Crippen molar-refractivity contribution in [3.8, 4) is 0 Å². The van der Waals surface area contributed by atoms with E-state index in [2.05, 4.69) is 0 Å². The maximum Gasteiger partial charge on any atom is 0.305 e. The van der Waals surface area contributed by atoms with Crippen LogP contribution in [0.3, 0.4) is 0 Å². The van der Waals surface area contributed by atoms with Crippen LogP contribution in [0.25, 0.3) is 0 Å². The molecule has 0 fully saturated rings. The van der Waals surface area contributed by atoms with Crippen LogP contribution in [0, 0.1) is 0 Å². The van der Waals surface area contributed by atoms with Gasteiger partial charge >= 0.3 is 5.97 Å². The van der Waals surface area contributed by atoms with E-state index in [1.807, 2.05) is 54.4 Å². The molecule has 1 aromatic carbocycles. The van der Waals surface area contributed by atoms with Crippen molar-refractivity contribution >= 4 is 5.97 Å². The van der Waals surface area contributed by atoms with E-state index in [1.54, 1.807) is 6.26 Å². The molecule has 2 aromatic rings. The van der Waals surface area contributed by atoms with Gasteiger partial charge in [0.05, 0.1) is 19.2 Å². The normalized spacial score (nSPS) is 12.5. The molecular weight excluding hydrogens is 242 g/mol. The lowest BCUT2D eigenvalue weighted by Crippen LogP contribution is -2.26. The predicted octanol–water partition coefficient (Wildman–Crippen LogP) is 2.93. The number of benzene rings is 1. The summed E-state index contributed by atoms with van der Waals surface area (Å²) in [6, 6.07) is 13.2. The van der Waals surface area contributed by atoms with Gasteiger partial charge in [-0.05, 0) is 24.7 Å². The van der Waals surface area contributed by atoms with Gasteiger partial charge in [0, 0.05) is 6.04 Å². The molecule has 4 nitrogen and oxygen atoms in total. The van der Waals surface area contributed by atoms with Crippen molar-refractivity contribution in [2.75, 3.05) is 7.05 Å². The molecule has 0 aliphatic heterocycles. The summed E-state index contributed by atoms with van der Waals surface area (Å²) in [6.45, 7) is 0.583. The van der Waals surface area contributed by atoms with Gasteiger partial charge in [-0.1, -0.05) is 30.3 Å². The van der Waals surface area contributed by atoms with Crippen LogP contribution in [-0.4, -0.2) is 23.0 Å². The topological polar surface area (TPSA) is 53.7 Å². The third kappa shape index (κ3) is 3.69. The van der Waals surface area contributed by atoms with Gasteiger partial charge in [-0.2, -0.15) is 0 Å². The number of carbonyl (C=O) groups is 1. The Hall–Kier alpha value is -2.07. The first kappa shape index (κ1) is 13.4. The van der Waals surface area contributed by atoms with E-state index in [-0.39, 0.29) is 12.5 Å². The van der Waals surface area contributed by atoms with Crippen LogP contribution in [-0.2, 0) is 11.3 Å². The van der Waals surface area contributed by atoms with E-state index >= 15 is 0 Å². The molecular formula is C15H17NO3. The second kappa shape index (κ2) is 6.20. The summed E-state index contributed by atoms with van der Waals surface area (Å²) >= 11 is 0. The number of hydrogen-bond acceptors (Lipinski definition) is 3. The number of carboxylic acid groups (broad SMARTS) is 1. The molecule has 1 aromatic heterocycles. The number of rotatable bonds is 6. The maximum absolute atomic E-state index is 11.0. The molecule has 19 heavy (non-hydrogen) atoms. The SMILES string of the molecule is CN(Cc1ccco1)C(CC(=O)O)c1ccccc1. The van der Waals surface area contributed by atoms with Crippen LogP contribution < -0.4 is 0 Å². The molecule has 1 unspecified atom stereocenters. The fraction of sp³-hybridized carbons (Fsp3) is 0.267.